The first-order valence-electron chi connectivity index (χ1n) is 17.3. The van der Waals surface area contributed by atoms with E-state index in [1.54, 1.807) is 15.9 Å². The molecular weight excluding hydrogens is 686 g/mol. The first-order valence-corrected chi connectivity index (χ1v) is 17.9. The van der Waals surface area contributed by atoms with Crippen molar-refractivity contribution in [2.45, 2.75) is 50.5 Å². The molecule has 3 heterocycles. The van der Waals surface area contributed by atoms with Crippen molar-refractivity contribution in [3.05, 3.63) is 102 Å². The number of carbonyl (C=O) groups is 3. The summed E-state index contributed by atoms with van der Waals surface area (Å²) in [6.45, 7) is 4.47. The molecule has 7 rings (SSSR count). The summed E-state index contributed by atoms with van der Waals surface area (Å²) in [7, 11) is 1.46. The van der Waals surface area contributed by atoms with Gasteiger partial charge in [-0.15, -0.1) is 11.6 Å². The number of anilines is 2. The molecule has 4 aromatic rings. The molecule has 3 atom stereocenters. The third-order valence-corrected chi connectivity index (χ3v) is 10.5. The molecule has 4 aromatic carbocycles. The van der Waals surface area contributed by atoms with E-state index in [2.05, 4.69) is 6.58 Å². The number of amides is 3. The Kier molecular flexibility index (Phi) is 9.98. The predicted molar refractivity (Wildman–Crippen MR) is 198 cm³/mol. The highest BCUT2D eigenvalue weighted by Crippen LogP contribution is 2.46. The summed E-state index contributed by atoms with van der Waals surface area (Å²) in [5.74, 6) is 0.459. The number of phenolic OH excluding ortho intramolecular Hbond substituents is 1. The summed E-state index contributed by atoms with van der Waals surface area (Å²) in [4.78, 5) is 45.4. The van der Waals surface area contributed by atoms with Gasteiger partial charge in [0, 0.05) is 42.4 Å². The molecule has 0 radical (unpaired) electrons. The minimum atomic E-state index is -1.34. The normalized spacial score (nSPS) is 19.4. The van der Waals surface area contributed by atoms with Gasteiger partial charge in [0.05, 0.1) is 36.5 Å². The fourth-order valence-corrected chi connectivity index (χ4v) is 7.89. The molecule has 11 nitrogen and oxygen atoms in total. The van der Waals surface area contributed by atoms with E-state index in [1.807, 2.05) is 48.5 Å². The third kappa shape index (κ3) is 6.39. The van der Waals surface area contributed by atoms with Crippen molar-refractivity contribution in [2.75, 3.05) is 42.5 Å². The first kappa shape index (κ1) is 35.2. The van der Waals surface area contributed by atoms with Crippen LogP contribution < -0.4 is 19.3 Å². The number of aliphatic hydroxyl groups excluding tert-OH is 1. The predicted octanol–water partition coefficient (Wildman–Crippen LogP) is 6.50. The standard InChI is InChI=1S/C40H40ClN3O8/c1-3-15-51-40(49)44-31-20-35(34(50-2)18-29(31)38(47)42-14-7-6-13-30(42)39(44)48)52-23-25-10-8-9-24(16-25)17-36(46)43-22-26(21-41)37-28-12-5-4-11-27(28)33(45)19-32(37)43/h3-5,8-12,16,18-20,26,30,39,45,48H,1,6-7,13-15,17,21-23H2,2H3/t26-,30?,39?/m1/s1. The summed E-state index contributed by atoms with van der Waals surface area (Å²) in [5.41, 5.74) is 3.50. The molecule has 0 spiro atoms. The van der Waals surface area contributed by atoms with E-state index >= 15 is 0 Å². The molecule has 12 heteroatoms. The molecule has 3 aliphatic rings. The number of benzene rings is 4. The number of fused-ring (bicyclic) bond motifs is 5. The van der Waals surface area contributed by atoms with E-state index in [9.17, 15) is 24.6 Å². The van der Waals surface area contributed by atoms with Gasteiger partial charge < -0.3 is 34.2 Å². The van der Waals surface area contributed by atoms with Gasteiger partial charge in [0.15, 0.2) is 17.7 Å². The molecule has 3 amide bonds. The van der Waals surface area contributed by atoms with Crippen LogP contribution in [0.1, 0.15) is 52.2 Å². The number of methoxy groups -OCH3 is 1. The van der Waals surface area contributed by atoms with E-state index in [4.69, 9.17) is 25.8 Å². The van der Waals surface area contributed by atoms with Crippen LogP contribution in [-0.4, -0.2) is 78.0 Å². The van der Waals surface area contributed by atoms with Crippen LogP contribution in [0.5, 0.6) is 17.2 Å². The zero-order valence-corrected chi connectivity index (χ0v) is 29.6. The molecule has 1 fully saturated rings. The van der Waals surface area contributed by atoms with Crippen LogP contribution in [0.4, 0.5) is 16.2 Å². The molecule has 0 aromatic heterocycles. The number of aromatic hydroxyl groups is 1. The quantitative estimate of drug-likeness (QED) is 0.148. The fourth-order valence-electron chi connectivity index (χ4n) is 7.64. The lowest BCUT2D eigenvalue weighted by Crippen LogP contribution is -2.55. The third-order valence-electron chi connectivity index (χ3n) is 10.1. The van der Waals surface area contributed by atoms with Crippen LogP contribution >= 0.6 is 11.6 Å². The van der Waals surface area contributed by atoms with Gasteiger partial charge in [-0.1, -0.05) is 61.2 Å². The molecule has 2 N–H and O–H groups in total. The summed E-state index contributed by atoms with van der Waals surface area (Å²) in [6.07, 6.45) is 1.50. The van der Waals surface area contributed by atoms with Crippen LogP contribution in [0.2, 0.25) is 0 Å². The van der Waals surface area contributed by atoms with Crippen molar-refractivity contribution in [1.29, 1.82) is 0 Å². The van der Waals surface area contributed by atoms with Crippen LogP contribution in [0, 0.1) is 0 Å². The maximum absolute atomic E-state index is 13.8. The van der Waals surface area contributed by atoms with Crippen molar-refractivity contribution < 1.29 is 38.8 Å². The van der Waals surface area contributed by atoms with E-state index in [0.29, 0.717) is 31.1 Å². The second-order valence-corrected chi connectivity index (χ2v) is 13.6. The van der Waals surface area contributed by atoms with Crippen molar-refractivity contribution in [1.82, 2.24) is 4.90 Å². The van der Waals surface area contributed by atoms with Crippen LogP contribution in [-0.2, 0) is 22.6 Å². The number of alkyl halides is 1. The second kappa shape index (κ2) is 14.8. The largest absolute Gasteiger partial charge is 0.507 e. The summed E-state index contributed by atoms with van der Waals surface area (Å²) in [6, 6.07) is 19.1. The Balaban J connectivity index is 1.13. The molecule has 1 saturated heterocycles. The number of ether oxygens (including phenoxy) is 3. The number of phenols is 1. The van der Waals surface area contributed by atoms with Gasteiger partial charge in [0.25, 0.3) is 5.91 Å². The minimum absolute atomic E-state index is 0.0702. The van der Waals surface area contributed by atoms with Crippen LogP contribution in [0.25, 0.3) is 10.8 Å². The molecule has 0 saturated carbocycles. The number of halogens is 1. The summed E-state index contributed by atoms with van der Waals surface area (Å²) >= 11 is 6.38. The van der Waals surface area contributed by atoms with Gasteiger partial charge in [-0.3, -0.25) is 9.59 Å². The number of nitrogens with zero attached hydrogens (tertiary/aromatic N) is 3. The average molecular weight is 726 g/mol. The van der Waals surface area contributed by atoms with Crippen molar-refractivity contribution in [2.24, 2.45) is 0 Å². The van der Waals surface area contributed by atoms with E-state index in [-0.39, 0.29) is 65.9 Å². The number of hydrogen-bond acceptors (Lipinski definition) is 8. The van der Waals surface area contributed by atoms with E-state index in [0.717, 1.165) is 45.2 Å². The van der Waals surface area contributed by atoms with Gasteiger partial charge in [-0.05, 0) is 47.4 Å². The molecule has 52 heavy (non-hydrogen) atoms. The van der Waals surface area contributed by atoms with E-state index < -0.39 is 18.4 Å². The highest BCUT2D eigenvalue weighted by atomic mass is 35.5. The Bertz CT molecular complexity index is 2050. The minimum Gasteiger partial charge on any atom is -0.507 e. The lowest BCUT2D eigenvalue weighted by molar-refractivity contribution is -0.117. The smallest absolute Gasteiger partial charge is 0.416 e. The monoisotopic (exact) mass is 725 g/mol. The SMILES string of the molecule is C=CCOC(=O)N1c2cc(OCc3cccc(CC(=O)N4C[C@@H](CCl)c5c4cc(O)c4ccccc54)c3)c(OC)cc2C(=O)N2CCCCC2C1O. The van der Waals surface area contributed by atoms with Crippen LogP contribution in [0.3, 0.4) is 0 Å². The maximum atomic E-state index is 13.8. The lowest BCUT2D eigenvalue weighted by Gasteiger charge is -2.38. The Morgan fingerprint density at radius 3 is 2.56 bits per heavy atom. The fraction of sp³-hybridized carbons (Fsp3) is 0.325. The number of piperidine rings is 1. The highest BCUT2D eigenvalue weighted by Gasteiger charge is 2.44. The molecule has 2 unspecified atom stereocenters. The van der Waals surface area contributed by atoms with Gasteiger partial charge in [-0.2, -0.15) is 0 Å². The Hall–Kier alpha value is -5.26. The van der Waals surface area contributed by atoms with Gasteiger partial charge in [0.1, 0.15) is 19.0 Å². The molecule has 3 aliphatic heterocycles. The number of rotatable bonds is 9. The maximum Gasteiger partial charge on any atom is 0.416 e. The van der Waals surface area contributed by atoms with Crippen molar-refractivity contribution in [3.63, 3.8) is 0 Å². The first-order chi connectivity index (χ1) is 25.2. The molecule has 270 valence electrons. The zero-order chi connectivity index (χ0) is 36.5. The van der Waals surface area contributed by atoms with Gasteiger partial charge in [0.2, 0.25) is 5.91 Å². The molecular formula is C40H40ClN3O8. The number of hydrogen-bond donors (Lipinski definition) is 2. The molecule has 0 bridgehead atoms. The van der Waals surface area contributed by atoms with E-state index in [1.165, 1.54) is 25.3 Å². The van der Waals surface area contributed by atoms with Crippen molar-refractivity contribution in [3.8, 4) is 17.2 Å². The average Bonchev–Trinajstić information content (AvgIpc) is 3.51. The Labute approximate surface area is 306 Å². The highest BCUT2D eigenvalue weighted by molar-refractivity contribution is 6.19. The second-order valence-electron chi connectivity index (χ2n) is 13.2. The number of carbonyl (C=O) groups excluding carboxylic acids is 3. The lowest BCUT2D eigenvalue weighted by atomic mass is 9.95. The van der Waals surface area contributed by atoms with Gasteiger partial charge >= 0.3 is 6.09 Å². The summed E-state index contributed by atoms with van der Waals surface area (Å²) < 4.78 is 17.2. The number of aliphatic hydroxyl groups is 1. The topological polar surface area (TPSA) is 129 Å². The Morgan fingerprint density at radius 1 is 1.00 bits per heavy atom. The van der Waals surface area contributed by atoms with Crippen LogP contribution in [0.15, 0.2) is 79.4 Å². The van der Waals surface area contributed by atoms with Crippen molar-refractivity contribution >= 4 is 51.7 Å². The zero-order valence-electron chi connectivity index (χ0n) is 28.8. The van der Waals surface area contributed by atoms with Gasteiger partial charge in [-0.25, -0.2) is 9.69 Å². The Morgan fingerprint density at radius 2 is 1.79 bits per heavy atom. The molecule has 0 aliphatic carbocycles. The summed E-state index contributed by atoms with van der Waals surface area (Å²) in [5, 5.41) is 23.9.